The van der Waals surface area contributed by atoms with Crippen molar-refractivity contribution in [3.63, 3.8) is 0 Å². The van der Waals surface area contributed by atoms with Crippen LogP contribution in [-0.2, 0) is 4.79 Å². The van der Waals surface area contributed by atoms with Crippen LogP contribution in [0.15, 0.2) is 16.7 Å². The molecule has 0 aliphatic rings. The molecule has 88 valence electrons. The maximum Gasteiger partial charge on any atom is 0.227 e. The van der Waals surface area contributed by atoms with Gasteiger partial charge in [0.25, 0.3) is 0 Å². The first kappa shape index (κ1) is 13.2. The smallest absolute Gasteiger partial charge is 0.227 e. The van der Waals surface area contributed by atoms with E-state index in [4.69, 9.17) is 0 Å². The first-order valence-corrected chi connectivity index (χ1v) is 6.15. The van der Waals surface area contributed by atoms with E-state index in [1.807, 2.05) is 39.8 Å². The highest BCUT2D eigenvalue weighted by atomic mass is 79.9. The van der Waals surface area contributed by atoms with Crippen molar-refractivity contribution in [1.29, 1.82) is 0 Å². The Labute approximate surface area is 105 Å². The Morgan fingerprint density at radius 3 is 2.50 bits per heavy atom. The molecule has 1 unspecified atom stereocenters. The zero-order valence-corrected chi connectivity index (χ0v) is 11.6. The quantitative estimate of drug-likeness (QED) is 0.865. The summed E-state index contributed by atoms with van der Waals surface area (Å²) in [6.45, 7) is 7.88. The van der Waals surface area contributed by atoms with E-state index in [0.717, 1.165) is 16.0 Å². The molecule has 1 aromatic heterocycles. The highest BCUT2D eigenvalue weighted by molar-refractivity contribution is 9.10. The Morgan fingerprint density at radius 2 is 2.00 bits per heavy atom. The molecule has 0 bridgehead atoms. The predicted octanol–water partition coefficient (Wildman–Crippen LogP) is 3.38. The molecule has 1 rings (SSSR count). The van der Waals surface area contributed by atoms with Crippen LogP contribution in [0.25, 0.3) is 0 Å². The largest absolute Gasteiger partial charge is 0.324 e. The van der Waals surface area contributed by atoms with E-state index in [2.05, 4.69) is 26.2 Å². The summed E-state index contributed by atoms with van der Waals surface area (Å²) in [6.07, 6.45) is 0. The zero-order valence-electron chi connectivity index (χ0n) is 10.0. The van der Waals surface area contributed by atoms with Gasteiger partial charge >= 0.3 is 0 Å². The Hall–Kier alpha value is -0.900. The molecule has 16 heavy (non-hydrogen) atoms. The normalized spacial score (nSPS) is 12.6. The number of anilines is 1. The van der Waals surface area contributed by atoms with Gasteiger partial charge in [-0.15, -0.1) is 0 Å². The molecule has 1 amide bonds. The topological polar surface area (TPSA) is 42.0 Å². The maximum absolute atomic E-state index is 11.8. The van der Waals surface area contributed by atoms with E-state index in [1.165, 1.54) is 0 Å². The molecule has 0 aliphatic carbocycles. The van der Waals surface area contributed by atoms with Crippen LogP contribution >= 0.6 is 15.9 Å². The molecule has 1 N–H and O–H groups in total. The summed E-state index contributed by atoms with van der Waals surface area (Å²) in [6, 6.07) is 3.68. The van der Waals surface area contributed by atoms with Crippen LogP contribution < -0.4 is 5.32 Å². The fraction of sp³-hybridized carbons (Fsp3) is 0.500. The third-order valence-electron chi connectivity index (χ3n) is 2.72. The molecular weight excluding hydrogens is 268 g/mol. The average Bonchev–Trinajstić information content (AvgIpc) is 2.20. The molecule has 1 atom stereocenters. The Bertz CT molecular complexity index is 391. The third kappa shape index (κ3) is 3.30. The summed E-state index contributed by atoms with van der Waals surface area (Å²) in [5, 5.41) is 2.90. The first-order chi connectivity index (χ1) is 7.41. The number of carbonyl (C=O) groups is 1. The van der Waals surface area contributed by atoms with Gasteiger partial charge in [0, 0.05) is 5.92 Å². The number of nitrogens with zero attached hydrogens (tertiary/aromatic N) is 1. The zero-order chi connectivity index (χ0) is 12.3. The van der Waals surface area contributed by atoms with Crippen molar-refractivity contribution >= 4 is 27.5 Å². The second kappa shape index (κ2) is 5.43. The predicted molar refractivity (Wildman–Crippen MR) is 69.3 cm³/mol. The van der Waals surface area contributed by atoms with Gasteiger partial charge in [0.1, 0.15) is 4.60 Å². The minimum Gasteiger partial charge on any atom is -0.324 e. The van der Waals surface area contributed by atoms with Crippen molar-refractivity contribution in [2.45, 2.75) is 27.7 Å². The fourth-order valence-electron chi connectivity index (χ4n) is 1.21. The van der Waals surface area contributed by atoms with Crippen LogP contribution in [0.2, 0.25) is 0 Å². The number of nitrogens with one attached hydrogen (secondary N) is 1. The molecule has 3 nitrogen and oxygen atoms in total. The number of hydrogen-bond donors (Lipinski definition) is 1. The summed E-state index contributed by atoms with van der Waals surface area (Å²) in [5.41, 5.74) is 1.60. The van der Waals surface area contributed by atoms with Crippen LogP contribution in [0.4, 0.5) is 5.69 Å². The van der Waals surface area contributed by atoms with Gasteiger partial charge in [-0.05, 0) is 40.9 Å². The summed E-state index contributed by atoms with van der Waals surface area (Å²) in [5.74, 6) is 0.383. The molecule has 0 saturated carbocycles. The highest BCUT2D eigenvalue weighted by Gasteiger charge is 2.17. The number of halogens is 1. The van der Waals surface area contributed by atoms with Crippen LogP contribution in [0.5, 0.6) is 0 Å². The Kier molecular flexibility index (Phi) is 4.47. The molecular formula is C12H17BrN2O. The lowest BCUT2D eigenvalue weighted by Gasteiger charge is -2.16. The molecule has 0 saturated heterocycles. The van der Waals surface area contributed by atoms with Crippen LogP contribution in [-0.4, -0.2) is 10.9 Å². The average molecular weight is 285 g/mol. The molecule has 0 spiro atoms. The summed E-state index contributed by atoms with van der Waals surface area (Å²) in [7, 11) is 0. The lowest BCUT2D eigenvalue weighted by Crippen LogP contribution is -2.24. The number of amides is 1. The van der Waals surface area contributed by atoms with Crippen LogP contribution in [0.3, 0.4) is 0 Å². The Balaban J connectivity index is 2.77. The fourth-order valence-corrected chi connectivity index (χ4v) is 1.61. The summed E-state index contributed by atoms with van der Waals surface area (Å²) in [4.78, 5) is 16.1. The second-order valence-electron chi connectivity index (χ2n) is 4.29. The molecule has 4 heteroatoms. The van der Waals surface area contributed by atoms with Crippen molar-refractivity contribution in [3.05, 3.63) is 22.4 Å². The number of carbonyl (C=O) groups excluding carboxylic acids is 1. The molecule has 1 aromatic rings. The minimum absolute atomic E-state index is 0.00282. The van der Waals surface area contributed by atoms with E-state index in [-0.39, 0.29) is 11.8 Å². The molecule has 0 radical (unpaired) electrons. The van der Waals surface area contributed by atoms with E-state index in [9.17, 15) is 4.79 Å². The van der Waals surface area contributed by atoms with E-state index >= 15 is 0 Å². The van der Waals surface area contributed by atoms with Crippen molar-refractivity contribution in [2.24, 2.45) is 11.8 Å². The van der Waals surface area contributed by atoms with Crippen molar-refractivity contribution < 1.29 is 4.79 Å². The van der Waals surface area contributed by atoms with Gasteiger partial charge in [0.2, 0.25) is 5.91 Å². The number of pyridine rings is 1. The van der Waals surface area contributed by atoms with Gasteiger partial charge in [0.05, 0.1) is 11.4 Å². The standard InChI is InChI=1S/C12H17BrN2O/c1-7(2)8(3)12(16)15-10-5-6-11(13)14-9(10)4/h5-8H,1-4H3,(H,15,16). The minimum atomic E-state index is 0.00282. The van der Waals surface area contributed by atoms with Gasteiger partial charge in [0.15, 0.2) is 0 Å². The third-order valence-corrected chi connectivity index (χ3v) is 3.16. The lowest BCUT2D eigenvalue weighted by atomic mass is 9.97. The first-order valence-electron chi connectivity index (χ1n) is 5.36. The molecule has 0 aromatic carbocycles. The van der Waals surface area contributed by atoms with E-state index in [0.29, 0.717) is 5.92 Å². The second-order valence-corrected chi connectivity index (χ2v) is 5.10. The van der Waals surface area contributed by atoms with Crippen LogP contribution in [0.1, 0.15) is 26.5 Å². The van der Waals surface area contributed by atoms with Crippen molar-refractivity contribution in [3.8, 4) is 0 Å². The monoisotopic (exact) mass is 284 g/mol. The van der Waals surface area contributed by atoms with E-state index < -0.39 is 0 Å². The van der Waals surface area contributed by atoms with Crippen molar-refractivity contribution in [1.82, 2.24) is 4.98 Å². The highest BCUT2D eigenvalue weighted by Crippen LogP contribution is 2.18. The molecule has 0 fully saturated rings. The van der Waals surface area contributed by atoms with Gasteiger partial charge in [-0.25, -0.2) is 4.98 Å². The number of rotatable bonds is 3. The molecule has 0 aliphatic heterocycles. The molecule has 1 heterocycles. The maximum atomic E-state index is 11.8. The van der Waals surface area contributed by atoms with Gasteiger partial charge in [-0.2, -0.15) is 0 Å². The van der Waals surface area contributed by atoms with Gasteiger partial charge in [-0.3, -0.25) is 4.79 Å². The van der Waals surface area contributed by atoms with E-state index in [1.54, 1.807) is 0 Å². The van der Waals surface area contributed by atoms with Crippen molar-refractivity contribution in [2.75, 3.05) is 5.32 Å². The summed E-state index contributed by atoms with van der Waals surface area (Å²) < 4.78 is 0.778. The SMILES string of the molecule is Cc1nc(Br)ccc1NC(=O)C(C)C(C)C. The van der Waals surface area contributed by atoms with Gasteiger partial charge < -0.3 is 5.32 Å². The number of hydrogen-bond acceptors (Lipinski definition) is 2. The number of aromatic nitrogens is 1. The number of aryl methyl sites for hydroxylation is 1. The Morgan fingerprint density at radius 1 is 1.38 bits per heavy atom. The van der Waals surface area contributed by atoms with Gasteiger partial charge in [-0.1, -0.05) is 20.8 Å². The lowest BCUT2D eigenvalue weighted by molar-refractivity contribution is -0.120. The van der Waals surface area contributed by atoms with Crippen LogP contribution in [0, 0.1) is 18.8 Å². The summed E-state index contributed by atoms with van der Waals surface area (Å²) >= 11 is 3.29.